The zero-order valence-electron chi connectivity index (χ0n) is 16.6. The van der Waals surface area contributed by atoms with Gasteiger partial charge in [0, 0.05) is 27.8 Å². The first-order valence-corrected chi connectivity index (χ1v) is 9.75. The Hall–Kier alpha value is -4.04. The van der Waals surface area contributed by atoms with Crippen molar-refractivity contribution in [2.45, 2.75) is 13.2 Å². The average Bonchev–Trinajstić information content (AvgIpc) is 2.80. The fourth-order valence-corrected chi connectivity index (χ4v) is 3.98. The van der Waals surface area contributed by atoms with Gasteiger partial charge in [0.2, 0.25) is 0 Å². The molecule has 0 amide bonds. The molecule has 32 heavy (non-hydrogen) atoms. The highest BCUT2D eigenvalue weighted by Crippen LogP contribution is 2.34. The molecule has 3 aromatic rings. The second kappa shape index (κ2) is 7.58. The maximum Gasteiger partial charge on any atom is 0.340 e. The number of halogens is 1. The van der Waals surface area contributed by atoms with E-state index in [-0.39, 0.29) is 53.7 Å². The number of esters is 1. The van der Waals surface area contributed by atoms with E-state index in [1.807, 2.05) is 0 Å². The Morgan fingerprint density at radius 2 is 1.78 bits per heavy atom. The number of nitrogens with two attached hydrogens (primary N) is 1. The molecule has 2 aliphatic rings. The molecule has 5 rings (SSSR count). The van der Waals surface area contributed by atoms with Gasteiger partial charge in [0.15, 0.2) is 18.4 Å². The van der Waals surface area contributed by atoms with Crippen molar-refractivity contribution in [2.75, 3.05) is 12.5 Å². The number of fused-ring (bicyclic) bond motifs is 3. The van der Waals surface area contributed by atoms with Gasteiger partial charge in [-0.1, -0.05) is 24.3 Å². The van der Waals surface area contributed by atoms with Gasteiger partial charge in [0.05, 0.1) is 23.4 Å². The van der Waals surface area contributed by atoms with Gasteiger partial charge in [-0.05, 0) is 24.3 Å². The van der Waals surface area contributed by atoms with Crippen molar-refractivity contribution in [3.63, 3.8) is 0 Å². The summed E-state index contributed by atoms with van der Waals surface area (Å²) in [4.78, 5) is 38.5. The maximum atomic E-state index is 13.9. The summed E-state index contributed by atoms with van der Waals surface area (Å²) in [5.41, 5.74) is 7.44. The van der Waals surface area contributed by atoms with Gasteiger partial charge in [-0.3, -0.25) is 9.59 Å². The molecule has 0 radical (unpaired) electrons. The first kappa shape index (κ1) is 19.9. The lowest BCUT2D eigenvalue weighted by Crippen LogP contribution is -2.24. The summed E-state index contributed by atoms with van der Waals surface area (Å²) < 4.78 is 29.8. The van der Waals surface area contributed by atoms with Crippen LogP contribution in [0.5, 0.6) is 5.75 Å². The Balaban J connectivity index is 1.45. The van der Waals surface area contributed by atoms with E-state index in [0.29, 0.717) is 22.4 Å². The predicted octanol–water partition coefficient (Wildman–Crippen LogP) is 3.41. The maximum absolute atomic E-state index is 13.9. The van der Waals surface area contributed by atoms with Crippen LogP contribution < -0.4 is 10.5 Å². The van der Waals surface area contributed by atoms with Gasteiger partial charge in [0.1, 0.15) is 18.2 Å². The van der Waals surface area contributed by atoms with E-state index < -0.39 is 17.6 Å². The Morgan fingerprint density at radius 3 is 2.56 bits per heavy atom. The molecule has 0 atom stereocenters. The summed E-state index contributed by atoms with van der Waals surface area (Å²) in [6.45, 7) is -0.0798. The molecule has 0 fully saturated rings. The van der Waals surface area contributed by atoms with E-state index in [1.165, 1.54) is 24.3 Å². The van der Waals surface area contributed by atoms with Gasteiger partial charge in [-0.2, -0.15) is 0 Å². The van der Waals surface area contributed by atoms with Crippen LogP contribution in [0.3, 0.4) is 0 Å². The van der Waals surface area contributed by atoms with Gasteiger partial charge >= 0.3 is 5.97 Å². The number of hydrogen-bond acceptors (Lipinski definition) is 7. The molecular formula is C24H16FNO6. The Morgan fingerprint density at radius 1 is 1.03 bits per heavy atom. The Kier molecular flexibility index (Phi) is 4.71. The third-order valence-electron chi connectivity index (χ3n) is 5.46. The van der Waals surface area contributed by atoms with Crippen LogP contribution in [-0.2, 0) is 22.7 Å². The number of benzene rings is 3. The van der Waals surface area contributed by atoms with Gasteiger partial charge in [-0.15, -0.1) is 0 Å². The minimum atomic E-state index is -0.811. The standard InChI is InChI=1S/C24H16FNO6/c25-14-7-12-9-30-11-32-23(12)13(8-14)10-31-24(29)18-6-5-17-19(20(18)26)22(28)16-4-2-1-3-15(16)21(17)27/h1-8H,9-11,26H2. The second-order valence-corrected chi connectivity index (χ2v) is 7.39. The van der Waals surface area contributed by atoms with Crippen LogP contribution >= 0.6 is 0 Å². The first-order valence-electron chi connectivity index (χ1n) is 9.75. The van der Waals surface area contributed by atoms with Crippen molar-refractivity contribution in [3.8, 4) is 5.75 Å². The van der Waals surface area contributed by atoms with E-state index in [1.54, 1.807) is 24.3 Å². The average molecular weight is 433 g/mol. The number of ketones is 2. The third kappa shape index (κ3) is 3.12. The Bertz CT molecular complexity index is 1320. The van der Waals surface area contributed by atoms with Crippen LogP contribution in [-0.4, -0.2) is 24.3 Å². The van der Waals surface area contributed by atoms with E-state index in [2.05, 4.69) is 0 Å². The van der Waals surface area contributed by atoms with Crippen molar-refractivity contribution in [3.05, 3.63) is 93.3 Å². The van der Waals surface area contributed by atoms with E-state index in [0.717, 1.165) is 0 Å². The molecule has 0 saturated heterocycles. The highest BCUT2D eigenvalue weighted by Gasteiger charge is 2.33. The summed E-state index contributed by atoms with van der Waals surface area (Å²) in [5, 5.41) is 0. The minimum absolute atomic E-state index is 0.00889. The zero-order chi connectivity index (χ0) is 22.4. The van der Waals surface area contributed by atoms with Crippen molar-refractivity contribution in [1.29, 1.82) is 0 Å². The minimum Gasteiger partial charge on any atom is -0.467 e. The van der Waals surface area contributed by atoms with Crippen LogP contribution in [0.25, 0.3) is 0 Å². The smallest absolute Gasteiger partial charge is 0.340 e. The van der Waals surface area contributed by atoms with Crippen LogP contribution in [0, 0.1) is 5.82 Å². The molecule has 1 aliphatic carbocycles. The number of carbonyl (C=O) groups is 3. The highest BCUT2D eigenvalue weighted by molar-refractivity contribution is 6.30. The monoisotopic (exact) mass is 433 g/mol. The number of rotatable bonds is 3. The molecule has 0 saturated carbocycles. The molecular weight excluding hydrogens is 417 g/mol. The number of anilines is 1. The summed E-state index contributed by atoms with van der Waals surface area (Å²) in [7, 11) is 0. The lowest BCUT2D eigenvalue weighted by Gasteiger charge is -2.21. The highest BCUT2D eigenvalue weighted by atomic mass is 19.1. The molecule has 0 bridgehead atoms. The summed E-state index contributed by atoms with van der Waals surface area (Å²) >= 11 is 0. The second-order valence-electron chi connectivity index (χ2n) is 7.39. The third-order valence-corrected chi connectivity index (χ3v) is 5.46. The van der Waals surface area contributed by atoms with E-state index in [4.69, 9.17) is 19.9 Å². The largest absolute Gasteiger partial charge is 0.467 e. The molecule has 160 valence electrons. The SMILES string of the molecule is Nc1c(C(=O)OCc2cc(F)cc3c2OCOC3)ccc2c1C(=O)c1ccccc1C2=O. The van der Waals surface area contributed by atoms with Crippen LogP contribution in [0.1, 0.15) is 53.3 Å². The number of hydrogen-bond donors (Lipinski definition) is 1. The summed E-state index contributed by atoms with van der Waals surface area (Å²) in [5.74, 6) is -1.70. The van der Waals surface area contributed by atoms with Gasteiger partial charge in [0.25, 0.3) is 0 Å². The van der Waals surface area contributed by atoms with Crippen molar-refractivity contribution in [2.24, 2.45) is 0 Å². The molecule has 7 nitrogen and oxygen atoms in total. The van der Waals surface area contributed by atoms with Gasteiger partial charge < -0.3 is 19.9 Å². The quantitative estimate of drug-likeness (QED) is 0.390. The lowest BCUT2D eigenvalue weighted by molar-refractivity contribution is -0.0182. The molecule has 0 aromatic heterocycles. The van der Waals surface area contributed by atoms with Crippen LogP contribution in [0.4, 0.5) is 10.1 Å². The lowest BCUT2D eigenvalue weighted by atomic mass is 9.82. The van der Waals surface area contributed by atoms with Crippen molar-refractivity contribution < 1.29 is 33.0 Å². The molecule has 8 heteroatoms. The number of ether oxygens (including phenoxy) is 3. The van der Waals surface area contributed by atoms with Crippen LogP contribution in [0.2, 0.25) is 0 Å². The fourth-order valence-electron chi connectivity index (χ4n) is 3.98. The number of nitrogen functional groups attached to an aromatic ring is 1. The Labute approximate surface area is 181 Å². The topological polar surface area (TPSA) is 105 Å². The van der Waals surface area contributed by atoms with Gasteiger partial charge in [-0.25, -0.2) is 9.18 Å². The summed E-state index contributed by atoms with van der Waals surface area (Å²) in [6.07, 6.45) is 0. The van der Waals surface area contributed by atoms with Crippen LogP contribution in [0.15, 0.2) is 48.5 Å². The molecule has 2 N–H and O–H groups in total. The first-order chi connectivity index (χ1) is 15.5. The molecule has 0 unspecified atom stereocenters. The predicted molar refractivity (Wildman–Crippen MR) is 110 cm³/mol. The summed E-state index contributed by atoms with van der Waals surface area (Å²) in [6, 6.07) is 11.7. The van der Waals surface area contributed by atoms with Crippen molar-refractivity contribution in [1.82, 2.24) is 0 Å². The molecule has 3 aromatic carbocycles. The number of carbonyl (C=O) groups excluding carboxylic acids is 3. The van der Waals surface area contributed by atoms with Crippen molar-refractivity contribution >= 4 is 23.2 Å². The molecule has 1 heterocycles. The molecule has 1 aliphatic heterocycles. The van der Waals surface area contributed by atoms with E-state index in [9.17, 15) is 18.8 Å². The van der Waals surface area contributed by atoms with E-state index >= 15 is 0 Å². The molecule has 0 spiro atoms. The zero-order valence-corrected chi connectivity index (χ0v) is 16.6. The normalized spacial score (nSPS) is 14.2. The fraction of sp³-hybridized carbons (Fsp3) is 0.125.